The number of hydrogen-bond acceptors (Lipinski definition) is 6. The highest BCUT2D eigenvalue weighted by Gasteiger charge is 2.28. The minimum Gasteiger partial charge on any atom is -0.480 e. The van der Waals surface area contributed by atoms with Gasteiger partial charge < -0.3 is 19.1 Å². The molecular weight excluding hydrogens is 433 g/mol. The molecule has 0 bridgehead atoms. The molecule has 154 valence electrons. The number of likely N-dealkylation sites (tertiary alicyclic amines) is 1. The zero-order chi connectivity index (χ0) is 20.7. The van der Waals surface area contributed by atoms with Crippen LogP contribution >= 0.6 is 34.8 Å². The van der Waals surface area contributed by atoms with Crippen LogP contribution in [0.4, 0.5) is 0 Å². The van der Waals surface area contributed by atoms with Crippen LogP contribution in [0, 0.1) is 5.92 Å². The lowest BCUT2D eigenvalue weighted by atomic mass is 9.97. The molecule has 1 heterocycles. The monoisotopic (exact) mass is 451 g/mol. The van der Waals surface area contributed by atoms with Gasteiger partial charge in [0, 0.05) is 19.2 Å². The molecule has 7 nitrogen and oxygen atoms in total. The molecule has 0 spiro atoms. The lowest BCUT2D eigenvalue weighted by Gasteiger charge is -2.30. The Bertz CT molecular complexity index is 734. The number of ether oxygens (including phenoxy) is 3. The van der Waals surface area contributed by atoms with Crippen molar-refractivity contribution in [3.8, 4) is 5.75 Å². The third-order valence-electron chi connectivity index (χ3n) is 4.14. The highest BCUT2D eigenvalue weighted by molar-refractivity contribution is 6.43. The summed E-state index contributed by atoms with van der Waals surface area (Å²) in [6.07, 6.45) is 1.05. The van der Waals surface area contributed by atoms with Gasteiger partial charge in [0.15, 0.2) is 13.2 Å². The molecule has 1 aliphatic heterocycles. The number of halogens is 3. The Labute approximate surface area is 177 Å². The lowest BCUT2D eigenvalue weighted by molar-refractivity contribution is -0.155. The molecule has 2 rings (SSSR count). The van der Waals surface area contributed by atoms with E-state index in [1.165, 1.54) is 12.1 Å². The van der Waals surface area contributed by atoms with Crippen molar-refractivity contribution in [2.24, 2.45) is 5.92 Å². The van der Waals surface area contributed by atoms with E-state index in [0.29, 0.717) is 32.5 Å². The molecule has 1 amide bonds. The van der Waals surface area contributed by atoms with E-state index in [9.17, 15) is 14.4 Å². The van der Waals surface area contributed by atoms with Gasteiger partial charge >= 0.3 is 11.9 Å². The minimum atomic E-state index is -0.725. The summed E-state index contributed by atoms with van der Waals surface area (Å²) in [5.74, 6) is -1.31. The summed E-state index contributed by atoms with van der Waals surface area (Å²) >= 11 is 17.6. The third-order valence-corrected chi connectivity index (χ3v) is 5.16. The predicted octanol–water partition coefficient (Wildman–Crippen LogP) is 3.37. The average Bonchev–Trinajstić information content (AvgIpc) is 2.68. The summed E-state index contributed by atoms with van der Waals surface area (Å²) in [5, 5.41) is 0.692. The number of benzene rings is 1. The molecular formula is C18H20Cl3NO6. The fraction of sp³-hybridized carbons (Fsp3) is 0.500. The smallest absolute Gasteiger partial charge is 0.344 e. The molecule has 0 N–H and O–H groups in total. The number of carbonyl (C=O) groups excluding carboxylic acids is 3. The second-order valence-electron chi connectivity index (χ2n) is 6.05. The van der Waals surface area contributed by atoms with Crippen LogP contribution in [0.5, 0.6) is 5.75 Å². The standard InChI is InChI=1S/C18H20Cl3NO6/c1-2-26-18(25)11-3-5-22(6-4-11)16(23)9-28-17(24)10-27-15-8-13(20)12(19)7-14(15)21/h7-8,11H,2-6,9-10H2,1H3. The van der Waals surface area contributed by atoms with Crippen LogP contribution in [0.25, 0.3) is 0 Å². The molecule has 0 atom stereocenters. The second kappa shape index (κ2) is 10.7. The number of carbonyl (C=O) groups is 3. The molecule has 0 unspecified atom stereocenters. The number of nitrogens with zero attached hydrogens (tertiary/aromatic N) is 1. The maximum atomic E-state index is 12.2. The first-order valence-corrected chi connectivity index (χ1v) is 9.82. The molecule has 1 fully saturated rings. The van der Waals surface area contributed by atoms with Crippen molar-refractivity contribution >= 4 is 52.6 Å². The first-order chi connectivity index (χ1) is 13.3. The summed E-state index contributed by atoms with van der Waals surface area (Å²) in [6.45, 7) is 2.08. The SMILES string of the molecule is CCOC(=O)C1CCN(C(=O)COC(=O)COc2cc(Cl)c(Cl)cc2Cl)CC1. The van der Waals surface area contributed by atoms with Gasteiger partial charge in [-0.1, -0.05) is 34.8 Å². The third kappa shape index (κ3) is 6.43. The lowest BCUT2D eigenvalue weighted by Crippen LogP contribution is -2.42. The summed E-state index contributed by atoms with van der Waals surface area (Å²) < 4.78 is 15.2. The number of piperidine rings is 1. The van der Waals surface area contributed by atoms with Gasteiger partial charge in [-0.2, -0.15) is 0 Å². The van der Waals surface area contributed by atoms with Crippen LogP contribution in [0.2, 0.25) is 15.1 Å². The Hall–Kier alpha value is -1.70. The minimum absolute atomic E-state index is 0.181. The van der Waals surface area contributed by atoms with Crippen LogP contribution < -0.4 is 4.74 Å². The maximum absolute atomic E-state index is 12.2. The van der Waals surface area contributed by atoms with Crippen LogP contribution in [-0.4, -0.2) is 55.7 Å². The van der Waals surface area contributed by atoms with Gasteiger partial charge in [0.2, 0.25) is 0 Å². The Balaban J connectivity index is 1.72. The highest BCUT2D eigenvalue weighted by Crippen LogP contribution is 2.33. The van der Waals surface area contributed by atoms with Gasteiger partial charge in [-0.15, -0.1) is 0 Å². The zero-order valence-corrected chi connectivity index (χ0v) is 17.5. The average molecular weight is 453 g/mol. The van der Waals surface area contributed by atoms with E-state index in [1.807, 2.05) is 0 Å². The quantitative estimate of drug-likeness (QED) is 0.466. The molecule has 0 aliphatic carbocycles. The molecule has 0 radical (unpaired) electrons. The molecule has 28 heavy (non-hydrogen) atoms. The number of amides is 1. The van der Waals surface area contributed by atoms with Crippen LogP contribution in [0.1, 0.15) is 19.8 Å². The largest absolute Gasteiger partial charge is 0.480 e. The van der Waals surface area contributed by atoms with Gasteiger partial charge in [0.1, 0.15) is 5.75 Å². The van der Waals surface area contributed by atoms with E-state index >= 15 is 0 Å². The van der Waals surface area contributed by atoms with E-state index < -0.39 is 19.2 Å². The molecule has 1 aromatic rings. The Morgan fingerprint density at radius 2 is 1.64 bits per heavy atom. The van der Waals surface area contributed by atoms with Crippen molar-refractivity contribution in [3.05, 3.63) is 27.2 Å². The molecule has 1 saturated heterocycles. The topological polar surface area (TPSA) is 82.1 Å². The normalized spacial score (nSPS) is 14.5. The Kier molecular flexibility index (Phi) is 8.66. The number of rotatable bonds is 7. The zero-order valence-electron chi connectivity index (χ0n) is 15.2. The summed E-state index contributed by atoms with van der Waals surface area (Å²) in [6, 6.07) is 2.79. The van der Waals surface area contributed by atoms with Gasteiger partial charge in [-0.3, -0.25) is 9.59 Å². The molecule has 1 aromatic carbocycles. The van der Waals surface area contributed by atoms with E-state index in [1.54, 1.807) is 11.8 Å². The maximum Gasteiger partial charge on any atom is 0.344 e. The van der Waals surface area contributed by atoms with Crippen LogP contribution in [0.3, 0.4) is 0 Å². The molecule has 1 aliphatic rings. The first kappa shape index (κ1) is 22.6. The van der Waals surface area contributed by atoms with E-state index in [2.05, 4.69) is 0 Å². The van der Waals surface area contributed by atoms with Crippen molar-refractivity contribution < 1.29 is 28.6 Å². The van der Waals surface area contributed by atoms with Gasteiger partial charge in [-0.05, 0) is 25.8 Å². The molecule has 0 saturated carbocycles. The number of hydrogen-bond donors (Lipinski definition) is 0. The number of esters is 2. The van der Waals surface area contributed by atoms with Crippen molar-refractivity contribution in [1.29, 1.82) is 0 Å². The first-order valence-electron chi connectivity index (χ1n) is 8.69. The van der Waals surface area contributed by atoms with E-state index in [4.69, 9.17) is 49.0 Å². The molecule has 0 aromatic heterocycles. The summed E-state index contributed by atoms with van der Waals surface area (Å²) in [4.78, 5) is 37.2. The Morgan fingerprint density at radius 3 is 2.29 bits per heavy atom. The van der Waals surface area contributed by atoms with Gasteiger partial charge in [-0.25, -0.2) is 4.79 Å². The van der Waals surface area contributed by atoms with Crippen molar-refractivity contribution in [1.82, 2.24) is 4.90 Å². The fourth-order valence-corrected chi connectivity index (χ4v) is 3.24. The van der Waals surface area contributed by atoms with E-state index in [-0.39, 0.29) is 38.6 Å². The van der Waals surface area contributed by atoms with Gasteiger partial charge in [0.25, 0.3) is 5.91 Å². The van der Waals surface area contributed by atoms with Crippen LogP contribution in [0.15, 0.2) is 12.1 Å². The van der Waals surface area contributed by atoms with Crippen molar-refractivity contribution in [2.75, 3.05) is 32.9 Å². The Morgan fingerprint density at radius 1 is 1.00 bits per heavy atom. The van der Waals surface area contributed by atoms with Crippen molar-refractivity contribution in [3.63, 3.8) is 0 Å². The predicted molar refractivity (Wildman–Crippen MR) is 104 cm³/mol. The van der Waals surface area contributed by atoms with Crippen molar-refractivity contribution in [2.45, 2.75) is 19.8 Å². The van der Waals surface area contributed by atoms with E-state index in [0.717, 1.165) is 0 Å². The highest BCUT2D eigenvalue weighted by atomic mass is 35.5. The fourth-order valence-electron chi connectivity index (χ4n) is 2.65. The molecule has 10 heteroatoms. The summed E-state index contributed by atoms with van der Waals surface area (Å²) in [5.41, 5.74) is 0. The second-order valence-corrected chi connectivity index (χ2v) is 7.27. The van der Waals surface area contributed by atoms with Crippen LogP contribution in [-0.2, 0) is 23.9 Å². The summed E-state index contributed by atoms with van der Waals surface area (Å²) in [7, 11) is 0. The van der Waals surface area contributed by atoms with Gasteiger partial charge in [0.05, 0.1) is 27.6 Å².